The van der Waals surface area contributed by atoms with Crippen LogP contribution in [0.2, 0.25) is 0 Å². The number of hydrogen-bond donors (Lipinski definition) is 0. The molecule has 0 aliphatic carbocycles. The molecule has 0 nitrogen and oxygen atoms in total. The summed E-state index contributed by atoms with van der Waals surface area (Å²) >= 11 is 0. The largest absolute Gasteiger partial charge is 0.0988 e. The van der Waals surface area contributed by atoms with Crippen molar-refractivity contribution in [2.75, 3.05) is 0 Å². The average Bonchev–Trinajstić information content (AvgIpc) is 2.46. The van der Waals surface area contributed by atoms with Crippen molar-refractivity contribution in [3.63, 3.8) is 0 Å². The fourth-order valence-electron chi connectivity index (χ4n) is 1.25. The third-order valence-electron chi connectivity index (χ3n) is 3.29. The van der Waals surface area contributed by atoms with Crippen LogP contribution >= 0.6 is 0 Å². The molecule has 0 unspecified atom stereocenters. The van der Waals surface area contributed by atoms with Crippen LogP contribution in [-0.2, 0) is 0 Å². The first-order valence-electron chi connectivity index (χ1n) is 7.72. The lowest BCUT2D eigenvalue weighted by molar-refractivity contribution is 0.504. The van der Waals surface area contributed by atoms with Crippen LogP contribution in [0.4, 0.5) is 0 Å². The zero-order valence-corrected chi connectivity index (χ0v) is 15.4. The highest BCUT2D eigenvalue weighted by atomic mass is 14.2. The maximum absolute atomic E-state index is 3.89. The predicted octanol–water partition coefficient (Wildman–Crippen LogP) is 7.20. The Balaban J connectivity index is 0. The van der Waals surface area contributed by atoms with E-state index in [1.54, 1.807) is 0 Å². The normalized spacial score (nSPS) is 14.3. The Morgan fingerprint density at radius 3 is 1.67 bits per heavy atom. The molecule has 0 heteroatoms. The minimum atomic E-state index is 0.208. The predicted molar refractivity (Wildman–Crippen MR) is 101 cm³/mol. The molecular formula is C21H34. The molecule has 0 spiro atoms. The Hall–Kier alpha value is -1.56. The zero-order chi connectivity index (χ0) is 17.1. The van der Waals surface area contributed by atoms with Gasteiger partial charge in [0.05, 0.1) is 0 Å². The fourth-order valence-corrected chi connectivity index (χ4v) is 1.25. The Morgan fingerprint density at radius 2 is 1.29 bits per heavy atom. The van der Waals surface area contributed by atoms with Crippen molar-refractivity contribution in [3.8, 4) is 0 Å². The molecule has 0 amide bonds. The van der Waals surface area contributed by atoms with Gasteiger partial charge in [0.1, 0.15) is 0 Å². The van der Waals surface area contributed by atoms with Gasteiger partial charge < -0.3 is 0 Å². The molecule has 0 rings (SSSR count). The van der Waals surface area contributed by atoms with Crippen molar-refractivity contribution in [2.24, 2.45) is 5.41 Å². The minimum absolute atomic E-state index is 0.208. The molecule has 0 saturated carbocycles. The van der Waals surface area contributed by atoms with Crippen LogP contribution < -0.4 is 0 Å². The first kappa shape index (κ1) is 21.7. The van der Waals surface area contributed by atoms with E-state index in [9.17, 15) is 0 Å². The van der Waals surface area contributed by atoms with Gasteiger partial charge in [0.15, 0.2) is 0 Å². The van der Waals surface area contributed by atoms with Gasteiger partial charge in [-0.1, -0.05) is 95.4 Å². The summed E-state index contributed by atoms with van der Waals surface area (Å²) in [5.41, 5.74) is 5.08. The molecule has 0 aromatic heterocycles. The molecule has 0 fully saturated rings. The van der Waals surface area contributed by atoms with E-state index in [0.717, 1.165) is 11.1 Å². The van der Waals surface area contributed by atoms with Crippen molar-refractivity contribution in [2.45, 2.75) is 55.4 Å². The summed E-state index contributed by atoms with van der Waals surface area (Å²) in [5, 5.41) is 0. The molecular weight excluding hydrogens is 252 g/mol. The van der Waals surface area contributed by atoms with Gasteiger partial charge in [-0.3, -0.25) is 0 Å². The quantitative estimate of drug-likeness (QED) is 0.469. The van der Waals surface area contributed by atoms with Gasteiger partial charge in [-0.2, -0.15) is 0 Å². The van der Waals surface area contributed by atoms with Crippen LogP contribution in [-0.4, -0.2) is 0 Å². The SMILES string of the molecule is C=C/C(C)=C/C=C(C)/C(C=C)=C/C=C(\C)C(C)(C)C.CC. The monoisotopic (exact) mass is 286 g/mol. The standard InChI is InChI=1S/C19H28.C2H6/c1-9-15(3)11-12-16(4)18(10-2)14-13-17(5)19(6,7)8;1-2/h9-14H,1-2H2,3-8H3;1-2H3/b15-11+,16-12+,17-13+,18-14+;. The molecule has 118 valence electrons. The van der Waals surface area contributed by atoms with E-state index in [0.29, 0.717) is 0 Å². The summed E-state index contributed by atoms with van der Waals surface area (Å²) in [4.78, 5) is 0. The highest BCUT2D eigenvalue weighted by Crippen LogP contribution is 2.25. The minimum Gasteiger partial charge on any atom is -0.0988 e. The number of allylic oxidation sites excluding steroid dienone is 10. The summed E-state index contributed by atoms with van der Waals surface area (Å²) in [6.07, 6.45) is 12.2. The highest BCUT2D eigenvalue weighted by Gasteiger charge is 2.11. The topological polar surface area (TPSA) is 0 Å². The Bertz CT molecular complexity index is 443. The molecule has 0 aromatic rings. The van der Waals surface area contributed by atoms with E-state index in [2.05, 4.69) is 72.1 Å². The van der Waals surface area contributed by atoms with Gasteiger partial charge in [-0.15, -0.1) is 0 Å². The van der Waals surface area contributed by atoms with Gasteiger partial charge in [0.25, 0.3) is 0 Å². The van der Waals surface area contributed by atoms with E-state index in [4.69, 9.17) is 0 Å². The molecule has 0 radical (unpaired) electrons. The van der Waals surface area contributed by atoms with Gasteiger partial charge in [-0.05, 0) is 37.3 Å². The maximum atomic E-state index is 3.89. The number of rotatable bonds is 5. The molecule has 21 heavy (non-hydrogen) atoms. The first-order chi connectivity index (χ1) is 9.72. The van der Waals surface area contributed by atoms with Crippen molar-refractivity contribution >= 4 is 0 Å². The lowest BCUT2D eigenvalue weighted by atomic mass is 9.87. The van der Waals surface area contributed by atoms with Crippen LogP contribution in [0.5, 0.6) is 0 Å². The van der Waals surface area contributed by atoms with Crippen LogP contribution in [0.25, 0.3) is 0 Å². The second kappa shape index (κ2) is 11.1. The second-order valence-electron chi connectivity index (χ2n) is 5.89. The van der Waals surface area contributed by atoms with Gasteiger partial charge in [-0.25, -0.2) is 0 Å². The van der Waals surface area contributed by atoms with Crippen LogP contribution in [0.15, 0.2) is 71.9 Å². The molecule has 0 N–H and O–H groups in total. The van der Waals surface area contributed by atoms with Gasteiger partial charge in [0, 0.05) is 0 Å². The second-order valence-corrected chi connectivity index (χ2v) is 5.89. The van der Waals surface area contributed by atoms with Crippen molar-refractivity contribution < 1.29 is 0 Å². The smallest absolute Gasteiger partial charge is 0.0173 e. The van der Waals surface area contributed by atoms with E-state index in [1.807, 2.05) is 32.9 Å². The average molecular weight is 287 g/mol. The van der Waals surface area contributed by atoms with Crippen LogP contribution in [0, 0.1) is 5.41 Å². The zero-order valence-electron chi connectivity index (χ0n) is 15.4. The van der Waals surface area contributed by atoms with Crippen molar-refractivity contribution in [1.29, 1.82) is 0 Å². The molecule has 0 aliphatic rings. The summed E-state index contributed by atoms with van der Waals surface area (Å²) in [6.45, 7) is 24.6. The Kier molecular flexibility index (Phi) is 11.5. The van der Waals surface area contributed by atoms with E-state index in [1.165, 1.54) is 11.1 Å². The maximum Gasteiger partial charge on any atom is -0.0173 e. The summed E-state index contributed by atoms with van der Waals surface area (Å²) < 4.78 is 0. The van der Waals surface area contributed by atoms with Gasteiger partial charge >= 0.3 is 0 Å². The Labute approximate surface area is 133 Å². The van der Waals surface area contributed by atoms with E-state index >= 15 is 0 Å². The molecule has 0 bridgehead atoms. The summed E-state index contributed by atoms with van der Waals surface area (Å²) in [7, 11) is 0. The van der Waals surface area contributed by atoms with Gasteiger partial charge in [0.2, 0.25) is 0 Å². The van der Waals surface area contributed by atoms with Crippen LogP contribution in [0.3, 0.4) is 0 Å². The molecule has 0 atom stereocenters. The van der Waals surface area contributed by atoms with E-state index < -0.39 is 0 Å². The molecule has 0 aromatic carbocycles. The third kappa shape index (κ3) is 9.90. The fraction of sp³-hybridized carbons (Fsp3) is 0.429. The first-order valence-corrected chi connectivity index (χ1v) is 7.72. The summed E-state index contributed by atoms with van der Waals surface area (Å²) in [6, 6.07) is 0. The number of hydrogen-bond acceptors (Lipinski definition) is 0. The highest BCUT2D eigenvalue weighted by molar-refractivity contribution is 5.43. The summed E-state index contributed by atoms with van der Waals surface area (Å²) in [5.74, 6) is 0. The molecule has 0 heterocycles. The molecule has 0 aliphatic heterocycles. The lowest BCUT2D eigenvalue weighted by Crippen LogP contribution is -2.05. The lowest BCUT2D eigenvalue weighted by Gasteiger charge is -2.18. The third-order valence-corrected chi connectivity index (χ3v) is 3.29. The van der Waals surface area contributed by atoms with E-state index in [-0.39, 0.29) is 5.41 Å². The van der Waals surface area contributed by atoms with Crippen molar-refractivity contribution in [3.05, 3.63) is 71.9 Å². The van der Waals surface area contributed by atoms with Crippen LogP contribution in [0.1, 0.15) is 55.4 Å². The Morgan fingerprint density at radius 1 is 0.762 bits per heavy atom. The molecule has 0 saturated heterocycles. The van der Waals surface area contributed by atoms with Crippen molar-refractivity contribution in [1.82, 2.24) is 0 Å².